The van der Waals surface area contributed by atoms with Crippen molar-refractivity contribution in [3.8, 4) is 0 Å². The fraction of sp³-hybridized carbons (Fsp3) is 0.346. The highest BCUT2D eigenvalue weighted by atomic mass is 16.5. The number of ether oxygens (including phenoxy) is 1. The van der Waals surface area contributed by atoms with Gasteiger partial charge in [-0.05, 0) is 49.1 Å². The second-order valence-electron chi connectivity index (χ2n) is 8.47. The summed E-state index contributed by atoms with van der Waals surface area (Å²) in [6.45, 7) is 8.47. The van der Waals surface area contributed by atoms with E-state index in [0.717, 1.165) is 6.42 Å². The van der Waals surface area contributed by atoms with Crippen molar-refractivity contribution in [2.75, 3.05) is 18.5 Å². The number of nitrogens with one attached hydrogen (secondary N) is 2. The van der Waals surface area contributed by atoms with Crippen LogP contribution in [0.4, 0.5) is 10.5 Å². The quantitative estimate of drug-likeness (QED) is 0.562. The van der Waals surface area contributed by atoms with E-state index in [-0.39, 0.29) is 24.5 Å². The highest BCUT2D eigenvalue weighted by Gasteiger charge is 2.36. The van der Waals surface area contributed by atoms with E-state index in [9.17, 15) is 14.4 Å². The Morgan fingerprint density at radius 3 is 2.52 bits per heavy atom. The number of hydrogen-bond donors (Lipinski definition) is 2. The predicted octanol–water partition coefficient (Wildman–Crippen LogP) is 4.89. The van der Waals surface area contributed by atoms with Gasteiger partial charge in [-0.2, -0.15) is 0 Å². The topological polar surface area (TPSA) is 87.7 Å². The lowest BCUT2D eigenvalue weighted by Crippen LogP contribution is -2.48. The third-order valence-electron chi connectivity index (χ3n) is 5.32. The Hall–Kier alpha value is -3.61. The maximum Gasteiger partial charge on any atom is 0.338 e. The highest BCUT2D eigenvalue weighted by Crippen LogP contribution is 2.32. The zero-order valence-electron chi connectivity index (χ0n) is 19.6. The number of benzene rings is 2. The molecule has 0 saturated carbocycles. The number of carbonyl (C=O) groups excluding carboxylic acids is 3. The van der Waals surface area contributed by atoms with Crippen LogP contribution in [0.25, 0.3) is 0 Å². The van der Waals surface area contributed by atoms with Crippen LogP contribution in [0.15, 0.2) is 65.9 Å². The molecule has 7 nitrogen and oxygen atoms in total. The molecule has 1 atom stereocenters. The van der Waals surface area contributed by atoms with Crippen LogP contribution in [0.3, 0.4) is 0 Å². The summed E-state index contributed by atoms with van der Waals surface area (Å²) in [5.41, 5.74) is 2.77. The van der Waals surface area contributed by atoms with E-state index in [2.05, 4.69) is 10.6 Å². The van der Waals surface area contributed by atoms with E-state index in [0.29, 0.717) is 34.6 Å². The van der Waals surface area contributed by atoms with Gasteiger partial charge in [0.1, 0.15) is 0 Å². The largest absolute Gasteiger partial charge is 0.462 e. The molecule has 0 fully saturated rings. The number of rotatable bonds is 8. The zero-order valence-corrected chi connectivity index (χ0v) is 19.6. The second-order valence-corrected chi connectivity index (χ2v) is 8.47. The maximum absolute atomic E-state index is 13.1. The lowest BCUT2D eigenvalue weighted by atomic mass is 9.94. The first-order valence-electron chi connectivity index (χ1n) is 11.2. The molecule has 0 bridgehead atoms. The van der Waals surface area contributed by atoms with Crippen LogP contribution in [-0.2, 0) is 9.53 Å². The fourth-order valence-electron chi connectivity index (χ4n) is 3.70. The van der Waals surface area contributed by atoms with Crippen LogP contribution in [-0.4, -0.2) is 36.0 Å². The van der Waals surface area contributed by atoms with Gasteiger partial charge >= 0.3 is 12.0 Å². The monoisotopic (exact) mass is 449 g/mol. The molecular weight excluding hydrogens is 418 g/mol. The summed E-state index contributed by atoms with van der Waals surface area (Å²) in [4.78, 5) is 40.0. The summed E-state index contributed by atoms with van der Waals surface area (Å²) in [5.74, 6) is -0.501. The van der Waals surface area contributed by atoms with Crippen molar-refractivity contribution in [2.24, 2.45) is 5.92 Å². The number of carbonyl (C=O) groups is 3. The molecule has 1 aliphatic rings. The van der Waals surface area contributed by atoms with Crippen molar-refractivity contribution < 1.29 is 19.1 Å². The van der Waals surface area contributed by atoms with Crippen molar-refractivity contribution in [3.05, 3.63) is 77.0 Å². The van der Waals surface area contributed by atoms with Gasteiger partial charge in [0.15, 0.2) is 0 Å². The summed E-state index contributed by atoms with van der Waals surface area (Å²) in [5, 5.41) is 5.82. The molecule has 1 unspecified atom stereocenters. The minimum absolute atomic E-state index is 0.190. The Morgan fingerprint density at radius 1 is 1.12 bits per heavy atom. The van der Waals surface area contributed by atoms with Crippen molar-refractivity contribution in [1.82, 2.24) is 10.2 Å². The summed E-state index contributed by atoms with van der Waals surface area (Å²) >= 11 is 0. The van der Waals surface area contributed by atoms with Gasteiger partial charge in [0, 0.05) is 23.5 Å². The molecule has 0 saturated heterocycles. The van der Waals surface area contributed by atoms with Gasteiger partial charge in [-0.15, -0.1) is 0 Å². The molecule has 0 radical (unpaired) electrons. The van der Waals surface area contributed by atoms with Gasteiger partial charge in [-0.1, -0.05) is 51.1 Å². The second kappa shape index (κ2) is 10.8. The zero-order chi connectivity index (χ0) is 24.0. The van der Waals surface area contributed by atoms with Crippen LogP contribution in [0.2, 0.25) is 0 Å². The van der Waals surface area contributed by atoms with Crippen molar-refractivity contribution in [1.29, 1.82) is 0 Å². The molecule has 174 valence electrons. The van der Waals surface area contributed by atoms with Crippen molar-refractivity contribution in [2.45, 2.75) is 40.2 Å². The predicted molar refractivity (Wildman–Crippen MR) is 128 cm³/mol. The summed E-state index contributed by atoms with van der Waals surface area (Å²) in [6, 6.07) is 15.1. The molecule has 0 aliphatic carbocycles. The average Bonchev–Trinajstić information content (AvgIpc) is 2.80. The third-order valence-corrected chi connectivity index (χ3v) is 5.32. The lowest BCUT2D eigenvalue weighted by Gasteiger charge is -2.35. The first-order valence-corrected chi connectivity index (χ1v) is 11.2. The molecule has 3 rings (SSSR count). The Labute approximate surface area is 194 Å². The molecular formula is C26H31N3O4. The molecule has 7 heteroatoms. The Kier molecular flexibility index (Phi) is 7.87. The van der Waals surface area contributed by atoms with E-state index in [1.807, 2.05) is 32.9 Å². The summed E-state index contributed by atoms with van der Waals surface area (Å²) < 4.78 is 5.53. The molecule has 1 heterocycles. The van der Waals surface area contributed by atoms with Crippen LogP contribution in [0.1, 0.15) is 56.1 Å². The number of anilines is 1. The van der Waals surface area contributed by atoms with Gasteiger partial charge in [0.25, 0.3) is 5.91 Å². The van der Waals surface area contributed by atoms with E-state index in [4.69, 9.17) is 4.74 Å². The first-order chi connectivity index (χ1) is 15.8. The molecule has 2 aromatic rings. The number of nitrogens with zero attached hydrogens (tertiary/aromatic N) is 1. The number of allylic oxidation sites excluding steroid dienone is 1. The molecule has 0 aromatic heterocycles. The minimum Gasteiger partial charge on any atom is -0.462 e. The van der Waals surface area contributed by atoms with E-state index >= 15 is 0 Å². The van der Waals surface area contributed by atoms with Crippen LogP contribution in [0.5, 0.6) is 0 Å². The third kappa shape index (κ3) is 5.80. The van der Waals surface area contributed by atoms with E-state index in [1.54, 1.807) is 54.3 Å². The van der Waals surface area contributed by atoms with Crippen molar-refractivity contribution in [3.63, 3.8) is 0 Å². The van der Waals surface area contributed by atoms with Gasteiger partial charge in [0.2, 0.25) is 0 Å². The van der Waals surface area contributed by atoms with E-state index in [1.165, 1.54) is 0 Å². The summed E-state index contributed by atoms with van der Waals surface area (Å²) in [7, 11) is 0. The number of hydrogen-bond acceptors (Lipinski definition) is 4. The molecule has 2 aromatic carbocycles. The molecule has 3 amide bonds. The SMILES string of the molecule is CCCN1C(=O)NC(c2cccc(NC(=O)c3ccccc3)c2)C(C(=O)OCC(C)C)=C1C. The fourth-order valence-corrected chi connectivity index (χ4v) is 3.70. The molecule has 1 aliphatic heterocycles. The number of amides is 3. The van der Waals surface area contributed by atoms with Gasteiger partial charge in [0.05, 0.1) is 18.2 Å². The lowest BCUT2D eigenvalue weighted by molar-refractivity contribution is -0.140. The maximum atomic E-state index is 13.1. The highest BCUT2D eigenvalue weighted by molar-refractivity contribution is 6.04. The smallest absolute Gasteiger partial charge is 0.338 e. The first kappa shape index (κ1) is 24.0. The Balaban J connectivity index is 1.93. The molecule has 0 spiro atoms. The standard InChI is InChI=1S/C26H31N3O4/c1-5-14-29-18(4)22(25(31)33-16-17(2)3)23(28-26(29)32)20-12-9-13-21(15-20)27-24(30)19-10-7-6-8-11-19/h6-13,15,17,23H,5,14,16H2,1-4H3,(H,27,30)(H,28,32). The molecule has 33 heavy (non-hydrogen) atoms. The number of esters is 1. The Bertz CT molecular complexity index is 1050. The minimum atomic E-state index is -0.682. The van der Waals surface area contributed by atoms with Crippen LogP contribution >= 0.6 is 0 Å². The van der Waals surface area contributed by atoms with Crippen LogP contribution in [0, 0.1) is 5.92 Å². The number of urea groups is 1. The van der Waals surface area contributed by atoms with Gasteiger partial charge < -0.3 is 15.4 Å². The average molecular weight is 450 g/mol. The van der Waals surface area contributed by atoms with Crippen molar-refractivity contribution >= 4 is 23.6 Å². The Morgan fingerprint density at radius 2 is 1.85 bits per heavy atom. The van der Waals surface area contributed by atoms with E-state index < -0.39 is 12.0 Å². The van der Waals surface area contributed by atoms with Gasteiger partial charge in [-0.3, -0.25) is 9.69 Å². The normalized spacial score (nSPS) is 16.0. The van der Waals surface area contributed by atoms with Crippen LogP contribution < -0.4 is 10.6 Å². The summed E-state index contributed by atoms with van der Waals surface area (Å²) in [6.07, 6.45) is 0.755. The van der Waals surface area contributed by atoms with Gasteiger partial charge in [-0.25, -0.2) is 9.59 Å². The molecule has 2 N–H and O–H groups in total.